The Morgan fingerprint density at radius 1 is 1.45 bits per heavy atom. The minimum atomic E-state index is 0.315. The normalized spacial score (nSPS) is 12.6. The van der Waals surface area contributed by atoms with Crippen LogP contribution in [0.1, 0.15) is 25.1 Å². The first-order valence-electron chi connectivity index (χ1n) is 6.94. The predicted molar refractivity (Wildman–Crippen MR) is 78.9 cm³/mol. The summed E-state index contributed by atoms with van der Waals surface area (Å²) in [5.74, 6) is 0.922. The molecule has 0 bridgehead atoms. The number of aryl methyl sites for hydroxylation is 1. The van der Waals surface area contributed by atoms with Gasteiger partial charge in [0.25, 0.3) is 0 Å². The van der Waals surface area contributed by atoms with Gasteiger partial charge >= 0.3 is 0 Å². The van der Waals surface area contributed by atoms with Crippen molar-refractivity contribution >= 4 is 5.95 Å². The van der Waals surface area contributed by atoms with Crippen molar-refractivity contribution in [3.8, 4) is 0 Å². The van der Waals surface area contributed by atoms with Gasteiger partial charge in [-0.15, -0.1) is 0 Å². The molecule has 6 heteroatoms. The average molecular weight is 277 g/mol. The summed E-state index contributed by atoms with van der Waals surface area (Å²) >= 11 is 0. The van der Waals surface area contributed by atoms with E-state index in [0.717, 1.165) is 37.8 Å². The number of aromatic nitrogens is 4. The van der Waals surface area contributed by atoms with Crippen molar-refractivity contribution in [1.29, 1.82) is 0 Å². The van der Waals surface area contributed by atoms with Crippen LogP contribution in [0.5, 0.6) is 0 Å². The van der Waals surface area contributed by atoms with Crippen molar-refractivity contribution in [1.82, 2.24) is 19.1 Å². The van der Waals surface area contributed by atoms with Crippen LogP contribution in [-0.2, 0) is 11.3 Å². The van der Waals surface area contributed by atoms with Crippen LogP contribution in [0.25, 0.3) is 0 Å². The van der Waals surface area contributed by atoms with Crippen LogP contribution in [0.4, 0.5) is 5.95 Å². The number of hydrogen-bond donors (Lipinski definition) is 1. The SMILES string of the molecule is COCCCNc1nc(C)cn1C(C)Cn1ccnc1. The lowest BCUT2D eigenvalue weighted by molar-refractivity contribution is 0.197. The van der Waals surface area contributed by atoms with Gasteiger partial charge in [0.05, 0.1) is 18.1 Å². The van der Waals surface area contributed by atoms with Gasteiger partial charge in [-0.1, -0.05) is 0 Å². The van der Waals surface area contributed by atoms with Crippen LogP contribution in [0.15, 0.2) is 24.9 Å². The summed E-state index contributed by atoms with van der Waals surface area (Å²) in [5.41, 5.74) is 1.02. The molecule has 0 aromatic carbocycles. The molecule has 0 saturated heterocycles. The number of hydrogen-bond acceptors (Lipinski definition) is 4. The number of nitrogens with one attached hydrogen (secondary N) is 1. The van der Waals surface area contributed by atoms with Gasteiger partial charge in [0.2, 0.25) is 5.95 Å². The molecule has 2 aromatic heterocycles. The van der Waals surface area contributed by atoms with Gasteiger partial charge in [0.15, 0.2) is 0 Å². The zero-order valence-corrected chi connectivity index (χ0v) is 12.4. The first kappa shape index (κ1) is 14.6. The van der Waals surface area contributed by atoms with Crippen molar-refractivity contribution in [2.24, 2.45) is 0 Å². The Balaban J connectivity index is 1.98. The molecule has 1 atom stereocenters. The molecule has 2 heterocycles. The second-order valence-electron chi connectivity index (χ2n) is 4.99. The number of imidazole rings is 2. The van der Waals surface area contributed by atoms with Crippen molar-refractivity contribution in [3.63, 3.8) is 0 Å². The minimum absolute atomic E-state index is 0.315. The van der Waals surface area contributed by atoms with Gasteiger partial charge in [-0.05, 0) is 20.3 Å². The van der Waals surface area contributed by atoms with Crippen LogP contribution in [0.2, 0.25) is 0 Å². The summed E-state index contributed by atoms with van der Waals surface area (Å²) in [7, 11) is 1.72. The summed E-state index contributed by atoms with van der Waals surface area (Å²) in [6.45, 7) is 6.70. The standard InChI is InChI=1S/C14H23N5O/c1-12-9-19(13(2)10-18-7-6-15-11-18)14(17-12)16-5-4-8-20-3/h6-7,9,11,13H,4-5,8,10H2,1-3H3,(H,16,17). The molecule has 1 N–H and O–H groups in total. The molecular formula is C14H23N5O. The molecule has 0 aliphatic heterocycles. The number of ether oxygens (including phenoxy) is 1. The Labute approximate surface area is 119 Å². The first-order valence-corrected chi connectivity index (χ1v) is 6.94. The molecule has 0 radical (unpaired) electrons. The Bertz CT molecular complexity index is 506. The van der Waals surface area contributed by atoms with Crippen molar-refractivity contribution in [3.05, 3.63) is 30.6 Å². The van der Waals surface area contributed by atoms with Gasteiger partial charge < -0.3 is 19.2 Å². The van der Waals surface area contributed by atoms with Gasteiger partial charge in [0, 0.05) is 45.4 Å². The second-order valence-corrected chi connectivity index (χ2v) is 4.99. The third-order valence-electron chi connectivity index (χ3n) is 3.17. The number of anilines is 1. The fourth-order valence-electron chi connectivity index (χ4n) is 2.19. The van der Waals surface area contributed by atoms with Crippen LogP contribution in [0.3, 0.4) is 0 Å². The Morgan fingerprint density at radius 2 is 2.30 bits per heavy atom. The Hall–Kier alpha value is -1.82. The van der Waals surface area contributed by atoms with E-state index in [1.165, 1.54) is 0 Å². The molecule has 0 fully saturated rings. The highest BCUT2D eigenvalue weighted by Gasteiger charge is 2.12. The highest BCUT2D eigenvalue weighted by atomic mass is 16.5. The molecule has 0 aliphatic rings. The quantitative estimate of drug-likeness (QED) is 0.751. The largest absolute Gasteiger partial charge is 0.385 e. The van der Waals surface area contributed by atoms with Crippen LogP contribution >= 0.6 is 0 Å². The maximum absolute atomic E-state index is 5.06. The molecule has 6 nitrogen and oxygen atoms in total. The molecule has 1 unspecified atom stereocenters. The van der Waals surface area contributed by atoms with Gasteiger partial charge in [0.1, 0.15) is 0 Å². The third-order valence-corrected chi connectivity index (χ3v) is 3.17. The van der Waals surface area contributed by atoms with E-state index in [1.807, 2.05) is 19.4 Å². The van der Waals surface area contributed by atoms with E-state index in [-0.39, 0.29) is 0 Å². The predicted octanol–water partition coefficient (Wildman–Crippen LogP) is 2.10. The van der Waals surface area contributed by atoms with Gasteiger partial charge in [-0.3, -0.25) is 0 Å². The van der Waals surface area contributed by atoms with Crippen LogP contribution in [-0.4, -0.2) is 39.4 Å². The smallest absolute Gasteiger partial charge is 0.203 e. The number of nitrogens with zero attached hydrogens (tertiary/aromatic N) is 4. The molecule has 0 aliphatic carbocycles. The average Bonchev–Trinajstić information content (AvgIpc) is 3.04. The summed E-state index contributed by atoms with van der Waals surface area (Å²) in [6, 6.07) is 0.315. The lowest BCUT2D eigenvalue weighted by Crippen LogP contribution is -2.16. The van der Waals surface area contributed by atoms with E-state index < -0.39 is 0 Å². The topological polar surface area (TPSA) is 56.9 Å². The molecule has 20 heavy (non-hydrogen) atoms. The monoisotopic (exact) mass is 277 g/mol. The van der Waals surface area contributed by atoms with Gasteiger partial charge in [-0.25, -0.2) is 9.97 Å². The van der Waals surface area contributed by atoms with E-state index in [4.69, 9.17) is 4.74 Å². The molecule has 110 valence electrons. The van der Waals surface area contributed by atoms with E-state index in [2.05, 4.69) is 37.5 Å². The summed E-state index contributed by atoms with van der Waals surface area (Å²) in [6.07, 6.45) is 8.67. The summed E-state index contributed by atoms with van der Waals surface area (Å²) in [5, 5.41) is 3.38. The summed E-state index contributed by atoms with van der Waals surface area (Å²) < 4.78 is 9.32. The lowest BCUT2D eigenvalue weighted by atomic mass is 10.3. The molecule has 0 spiro atoms. The van der Waals surface area contributed by atoms with Gasteiger partial charge in [-0.2, -0.15) is 0 Å². The summed E-state index contributed by atoms with van der Waals surface area (Å²) in [4.78, 5) is 8.62. The maximum atomic E-state index is 5.06. The maximum Gasteiger partial charge on any atom is 0.203 e. The highest BCUT2D eigenvalue weighted by Crippen LogP contribution is 2.17. The first-order chi connectivity index (χ1) is 9.70. The Kier molecular flexibility index (Phi) is 5.17. The molecule has 0 saturated carbocycles. The zero-order chi connectivity index (χ0) is 14.4. The Morgan fingerprint density at radius 3 is 3.00 bits per heavy atom. The molecule has 2 aromatic rings. The highest BCUT2D eigenvalue weighted by molar-refractivity contribution is 5.29. The van der Waals surface area contributed by atoms with Crippen molar-refractivity contribution in [2.75, 3.05) is 25.6 Å². The molecule has 0 amide bonds. The third kappa shape index (κ3) is 3.84. The van der Waals surface area contributed by atoms with Crippen LogP contribution < -0.4 is 5.32 Å². The number of methoxy groups -OCH3 is 1. The van der Waals surface area contributed by atoms with E-state index in [9.17, 15) is 0 Å². The molecule has 2 rings (SSSR count). The zero-order valence-electron chi connectivity index (χ0n) is 12.4. The lowest BCUT2D eigenvalue weighted by Gasteiger charge is -2.17. The fourth-order valence-corrected chi connectivity index (χ4v) is 2.19. The van der Waals surface area contributed by atoms with Crippen LogP contribution in [0, 0.1) is 6.92 Å². The number of rotatable bonds is 8. The van der Waals surface area contributed by atoms with E-state index >= 15 is 0 Å². The molecular weight excluding hydrogens is 254 g/mol. The second kappa shape index (κ2) is 7.09. The van der Waals surface area contributed by atoms with Crippen molar-refractivity contribution in [2.45, 2.75) is 32.9 Å². The minimum Gasteiger partial charge on any atom is -0.385 e. The van der Waals surface area contributed by atoms with E-state index in [1.54, 1.807) is 13.3 Å². The van der Waals surface area contributed by atoms with E-state index in [0.29, 0.717) is 6.04 Å². The fraction of sp³-hybridized carbons (Fsp3) is 0.571. The van der Waals surface area contributed by atoms with Crippen molar-refractivity contribution < 1.29 is 4.74 Å².